The molecule has 1 heterocycles. The fourth-order valence-electron chi connectivity index (χ4n) is 2.29. The van der Waals surface area contributed by atoms with Crippen LogP contribution in [0, 0.1) is 6.92 Å². The molecule has 3 rings (SSSR count). The summed E-state index contributed by atoms with van der Waals surface area (Å²) < 4.78 is 2.72. The van der Waals surface area contributed by atoms with Gasteiger partial charge in [-0.15, -0.1) is 0 Å². The molecule has 0 atom stereocenters. The maximum atomic E-state index is 6.05. The standard InChI is InChI=1S/C15H14BrN3/c1-10-14(16)15(17)19(18-10)9-12-7-4-6-11-5-2-3-8-13(11)12/h2-8H,9,17H2,1H3. The third-order valence-electron chi connectivity index (χ3n) is 3.29. The van der Waals surface area contributed by atoms with Crippen LogP contribution in [0.1, 0.15) is 11.3 Å². The smallest absolute Gasteiger partial charge is 0.136 e. The van der Waals surface area contributed by atoms with Gasteiger partial charge in [-0.05, 0) is 39.2 Å². The molecule has 0 aliphatic carbocycles. The first-order valence-corrected chi connectivity index (χ1v) is 6.91. The number of hydrogen-bond donors (Lipinski definition) is 1. The molecule has 96 valence electrons. The van der Waals surface area contributed by atoms with Crippen LogP contribution in [0.25, 0.3) is 10.8 Å². The minimum absolute atomic E-state index is 0.672. The largest absolute Gasteiger partial charge is 0.383 e. The molecule has 1 aromatic heterocycles. The Morgan fingerprint density at radius 2 is 1.89 bits per heavy atom. The summed E-state index contributed by atoms with van der Waals surface area (Å²) >= 11 is 3.45. The monoisotopic (exact) mass is 315 g/mol. The second-order valence-corrected chi connectivity index (χ2v) is 5.37. The molecular formula is C15H14BrN3. The molecule has 3 aromatic rings. The van der Waals surface area contributed by atoms with Crippen molar-refractivity contribution in [2.24, 2.45) is 0 Å². The van der Waals surface area contributed by atoms with Crippen LogP contribution < -0.4 is 5.73 Å². The van der Waals surface area contributed by atoms with Crippen molar-refractivity contribution in [3.63, 3.8) is 0 Å². The molecule has 0 amide bonds. The SMILES string of the molecule is Cc1nn(Cc2cccc3ccccc23)c(N)c1Br. The number of fused-ring (bicyclic) bond motifs is 1. The molecule has 3 nitrogen and oxygen atoms in total. The first-order valence-electron chi connectivity index (χ1n) is 6.12. The number of aromatic nitrogens is 2. The van der Waals surface area contributed by atoms with Crippen molar-refractivity contribution in [1.82, 2.24) is 9.78 Å². The van der Waals surface area contributed by atoms with Crippen molar-refractivity contribution in [2.45, 2.75) is 13.5 Å². The van der Waals surface area contributed by atoms with Crippen molar-refractivity contribution in [1.29, 1.82) is 0 Å². The van der Waals surface area contributed by atoms with E-state index >= 15 is 0 Å². The lowest BCUT2D eigenvalue weighted by Gasteiger charge is -2.08. The number of rotatable bonds is 2. The molecule has 0 fully saturated rings. The number of nitrogens with zero attached hydrogens (tertiary/aromatic N) is 2. The highest BCUT2D eigenvalue weighted by Crippen LogP contribution is 2.25. The number of halogens is 1. The van der Waals surface area contributed by atoms with E-state index in [0.29, 0.717) is 12.4 Å². The summed E-state index contributed by atoms with van der Waals surface area (Å²) in [6.45, 7) is 2.62. The molecule has 0 saturated heterocycles. The van der Waals surface area contributed by atoms with Gasteiger partial charge in [-0.25, -0.2) is 4.68 Å². The van der Waals surface area contributed by atoms with Gasteiger partial charge in [0.05, 0.1) is 16.7 Å². The second kappa shape index (κ2) is 4.70. The summed E-state index contributed by atoms with van der Waals surface area (Å²) in [6.07, 6.45) is 0. The number of nitrogens with two attached hydrogens (primary N) is 1. The molecule has 4 heteroatoms. The van der Waals surface area contributed by atoms with E-state index in [4.69, 9.17) is 5.73 Å². The number of benzene rings is 2. The average Bonchev–Trinajstić information content (AvgIpc) is 2.67. The molecule has 0 radical (unpaired) electrons. The Bertz CT molecular complexity index is 741. The maximum Gasteiger partial charge on any atom is 0.136 e. The van der Waals surface area contributed by atoms with E-state index in [1.165, 1.54) is 16.3 Å². The summed E-state index contributed by atoms with van der Waals surface area (Å²) in [5.41, 5.74) is 8.19. The Morgan fingerprint density at radius 3 is 2.63 bits per heavy atom. The van der Waals surface area contributed by atoms with Gasteiger partial charge in [0.25, 0.3) is 0 Å². The summed E-state index contributed by atoms with van der Waals surface area (Å²) in [5, 5.41) is 6.94. The van der Waals surface area contributed by atoms with Crippen molar-refractivity contribution >= 4 is 32.5 Å². The predicted octanol–water partition coefficient (Wildman–Crippen LogP) is 3.74. The van der Waals surface area contributed by atoms with Gasteiger partial charge in [0.2, 0.25) is 0 Å². The first-order chi connectivity index (χ1) is 9.16. The lowest BCUT2D eigenvalue weighted by Crippen LogP contribution is -2.06. The molecule has 0 saturated carbocycles. The van der Waals surface area contributed by atoms with Gasteiger partial charge in [0, 0.05) is 0 Å². The summed E-state index contributed by atoms with van der Waals surface area (Å²) in [4.78, 5) is 0. The average molecular weight is 316 g/mol. The van der Waals surface area contributed by atoms with E-state index < -0.39 is 0 Å². The van der Waals surface area contributed by atoms with Crippen LogP contribution in [0.3, 0.4) is 0 Å². The van der Waals surface area contributed by atoms with Gasteiger partial charge in [-0.1, -0.05) is 42.5 Å². The summed E-state index contributed by atoms with van der Waals surface area (Å²) in [7, 11) is 0. The van der Waals surface area contributed by atoms with Crippen molar-refractivity contribution < 1.29 is 0 Å². The molecular weight excluding hydrogens is 302 g/mol. The lowest BCUT2D eigenvalue weighted by molar-refractivity contribution is 0.692. The topological polar surface area (TPSA) is 43.8 Å². The molecule has 0 bridgehead atoms. The summed E-state index contributed by atoms with van der Waals surface area (Å²) in [5.74, 6) is 0.672. The van der Waals surface area contributed by atoms with Gasteiger partial charge in [0.1, 0.15) is 5.82 Å². The molecule has 19 heavy (non-hydrogen) atoms. The summed E-state index contributed by atoms with van der Waals surface area (Å²) in [6, 6.07) is 14.7. The zero-order valence-corrected chi connectivity index (χ0v) is 12.2. The van der Waals surface area contributed by atoms with Crippen LogP contribution in [-0.4, -0.2) is 9.78 Å². The van der Waals surface area contributed by atoms with Crippen LogP contribution in [0.15, 0.2) is 46.9 Å². The van der Waals surface area contributed by atoms with Crippen LogP contribution in [0.5, 0.6) is 0 Å². The van der Waals surface area contributed by atoms with E-state index in [2.05, 4.69) is 63.5 Å². The van der Waals surface area contributed by atoms with Crippen molar-refractivity contribution in [3.8, 4) is 0 Å². The molecule has 2 aromatic carbocycles. The minimum atomic E-state index is 0.672. The zero-order chi connectivity index (χ0) is 13.4. The highest BCUT2D eigenvalue weighted by molar-refractivity contribution is 9.10. The molecule has 0 spiro atoms. The zero-order valence-electron chi connectivity index (χ0n) is 10.6. The number of aryl methyl sites for hydroxylation is 1. The molecule has 0 unspecified atom stereocenters. The lowest BCUT2D eigenvalue weighted by atomic mass is 10.0. The highest BCUT2D eigenvalue weighted by Gasteiger charge is 2.10. The normalized spacial score (nSPS) is 11.1. The Hall–Kier alpha value is -1.81. The number of nitrogen functional groups attached to an aromatic ring is 1. The quantitative estimate of drug-likeness (QED) is 0.783. The Labute approximate surface area is 120 Å². The number of hydrogen-bond acceptors (Lipinski definition) is 2. The van der Waals surface area contributed by atoms with Gasteiger partial charge in [0.15, 0.2) is 0 Å². The third-order valence-corrected chi connectivity index (χ3v) is 4.27. The van der Waals surface area contributed by atoms with Crippen LogP contribution in [-0.2, 0) is 6.54 Å². The van der Waals surface area contributed by atoms with Crippen molar-refractivity contribution in [3.05, 3.63) is 58.2 Å². The fraction of sp³-hybridized carbons (Fsp3) is 0.133. The van der Waals surface area contributed by atoms with Gasteiger partial charge < -0.3 is 5.73 Å². The maximum absolute atomic E-state index is 6.05. The third kappa shape index (κ3) is 2.12. The van der Waals surface area contributed by atoms with E-state index in [1.54, 1.807) is 0 Å². The second-order valence-electron chi connectivity index (χ2n) is 4.58. The predicted molar refractivity (Wildman–Crippen MR) is 82.1 cm³/mol. The Balaban J connectivity index is 2.08. The molecule has 2 N–H and O–H groups in total. The number of anilines is 1. The van der Waals surface area contributed by atoms with E-state index in [-0.39, 0.29) is 0 Å². The van der Waals surface area contributed by atoms with E-state index in [1.807, 2.05) is 11.6 Å². The van der Waals surface area contributed by atoms with Crippen LogP contribution in [0.2, 0.25) is 0 Å². The van der Waals surface area contributed by atoms with Crippen LogP contribution >= 0.6 is 15.9 Å². The van der Waals surface area contributed by atoms with Gasteiger partial charge >= 0.3 is 0 Å². The van der Waals surface area contributed by atoms with Gasteiger partial charge in [-0.3, -0.25) is 0 Å². The van der Waals surface area contributed by atoms with Crippen LogP contribution in [0.4, 0.5) is 5.82 Å². The fourth-order valence-corrected chi connectivity index (χ4v) is 2.57. The van der Waals surface area contributed by atoms with Crippen molar-refractivity contribution in [2.75, 3.05) is 5.73 Å². The van der Waals surface area contributed by atoms with E-state index in [0.717, 1.165) is 10.2 Å². The first kappa shape index (κ1) is 12.2. The minimum Gasteiger partial charge on any atom is -0.383 e. The van der Waals surface area contributed by atoms with E-state index in [9.17, 15) is 0 Å². The Morgan fingerprint density at radius 1 is 1.16 bits per heavy atom. The van der Waals surface area contributed by atoms with Gasteiger partial charge in [-0.2, -0.15) is 5.10 Å². The Kier molecular flexibility index (Phi) is 3.03. The molecule has 0 aliphatic heterocycles. The highest BCUT2D eigenvalue weighted by atomic mass is 79.9. The molecule has 0 aliphatic rings.